The number of pyridine rings is 1. The molecule has 0 unspecified atom stereocenters. The maximum atomic E-state index is 13.8. The van der Waals surface area contributed by atoms with Gasteiger partial charge >= 0.3 is 5.69 Å². The summed E-state index contributed by atoms with van der Waals surface area (Å²) >= 11 is 0. The molecule has 0 saturated carbocycles. The van der Waals surface area contributed by atoms with Gasteiger partial charge < -0.3 is 4.90 Å². The molecule has 1 aromatic carbocycles. The van der Waals surface area contributed by atoms with E-state index in [1.165, 1.54) is 21.2 Å². The summed E-state index contributed by atoms with van der Waals surface area (Å²) in [5.41, 5.74) is 4.63. The predicted octanol–water partition coefficient (Wildman–Crippen LogP) is 2.95. The van der Waals surface area contributed by atoms with E-state index < -0.39 is 11.6 Å². The minimum atomic E-state index is -0.876. The number of anilines is 1. The van der Waals surface area contributed by atoms with Crippen LogP contribution in [0, 0.1) is 25.5 Å². The van der Waals surface area contributed by atoms with Crippen molar-refractivity contribution in [3.05, 3.63) is 75.1 Å². The van der Waals surface area contributed by atoms with Crippen LogP contribution in [0.3, 0.4) is 0 Å². The molecule has 0 fully saturated rings. The number of benzene rings is 1. The van der Waals surface area contributed by atoms with Gasteiger partial charge in [-0.2, -0.15) is 4.98 Å². The van der Waals surface area contributed by atoms with Crippen molar-refractivity contribution in [3.8, 4) is 11.1 Å². The molecule has 0 atom stereocenters. The van der Waals surface area contributed by atoms with Gasteiger partial charge in [-0.1, -0.05) is 0 Å². The zero-order valence-corrected chi connectivity index (χ0v) is 17.4. The third-order valence-electron chi connectivity index (χ3n) is 5.74. The van der Waals surface area contributed by atoms with Gasteiger partial charge in [0.1, 0.15) is 5.82 Å². The Morgan fingerprint density at radius 2 is 1.84 bits per heavy atom. The largest absolute Gasteiger partial charge is 0.351 e. The van der Waals surface area contributed by atoms with Crippen LogP contribution in [0.4, 0.5) is 14.6 Å². The second kappa shape index (κ2) is 6.97. The Morgan fingerprint density at radius 1 is 1.06 bits per heavy atom. The number of hydrogen-bond donors (Lipinski definition) is 0. The topological polar surface area (TPSA) is 68.3 Å². The lowest BCUT2D eigenvalue weighted by molar-refractivity contribution is 0.508. The quantitative estimate of drug-likeness (QED) is 0.497. The summed E-state index contributed by atoms with van der Waals surface area (Å²) < 4.78 is 30.1. The number of rotatable bonds is 2. The Bertz CT molecular complexity index is 1410. The first-order valence-electron chi connectivity index (χ1n) is 9.93. The van der Waals surface area contributed by atoms with E-state index in [1.807, 2.05) is 13.0 Å². The molecule has 7 nitrogen and oxygen atoms in total. The van der Waals surface area contributed by atoms with Crippen molar-refractivity contribution >= 4 is 11.6 Å². The average molecular weight is 422 g/mol. The fraction of sp³-hybridized carbons (Fsp3) is 0.273. The third-order valence-corrected chi connectivity index (χ3v) is 5.74. The lowest BCUT2D eigenvalue weighted by Crippen LogP contribution is -2.32. The molecule has 0 radical (unpaired) electrons. The number of halogens is 2. The van der Waals surface area contributed by atoms with Crippen LogP contribution in [0.5, 0.6) is 0 Å². The molecular formula is C22H20F2N6O. The Labute approximate surface area is 176 Å². The van der Waals surface area contributed by atoms with E-state index in [1.54, 1.807) is 26.4 Å². The zero-order valence-electron chi connectivity index (χ0n) is 17.4. The molecule has 1 aliphatic rings. The van der Waals surface area contributed by atoms with Crippen LogP contribution >= 0.6 is 0 Å². The Hall–Kier alpha value is -3.62. The number of aryl methyl sites for hydroxylation is 3. The molecule has 0 aliphatic carbocycles. The van der Waals surface area contributed by atoms with E-state index in [4.69, 9.17) is 0 Å². The normalized spacial score (nSPS) is 13.6. The maximum Gasteiger partial charge on any atom is 0.351 e. The zero-order chi connectivity index (χ0) is 21.9. The molecule has 9 heteroatoms. The van der Waals surface area contributed by atoms with Gasteiger partial charge in [0.15, 0.2) is 11.6 Å². The van der Waals surface area contributed by atoms with E-state index in [9.17, 15) is 13.6 Å². The molecule has 4 aromatic rings. The number of nitrogens with zero attached hydrogens (tertiary/aromatic N) is 6. The maximum absolute atomic E-state index is 13.8. The molecule has 0 saturated heterocycles. The molecule has 5 rings (SSSR count). The summed E-state index contributed by atoms with van der Waals surface area (Å²) in [5, 5.41) is 4.18. The van der Waals surface area contributed by atoms with Crippen molar-refractivity contribution in [1.29, 1.82) is 0 Å². The van der Waals surface area contributed by atoms with Gasteiger partial charge in [0.25, 0.3) is 5.78 Å². The number of hydrogen-bond acceptors (Lipinski definition) is 5. The van der Waals surface area contributed by atoms with Crippen LogP contribution in [-0.4, -0.2) is 30.7 Å². The highest BCUT2D eigenvalue weighted by molar-refractivity contribution is 5.68. The molecule has 0 amide bonds. The lowest BCUT2D eigenvalue weighted by Gasteiger charge is -2.30. The highest BCUT2D eigenvalue weighted by Gasteiger charge is 2.22. The van der Waals surface area contributed by atoms with Crippen molar-refractivity contribution in [2.45, 2.75) is 26.8 Å². The average Bonchev–Trinajstić information content (AvgIpc) is 3.02. The monoisotopic (exact) mass is 422 g/mol. The van der Waals surface area contributed by atoms with Crippen LogP contribution in [0.15, 0.2) is 35.4 Å². The van der Waals surface area contributed by atoms with Crippen molar-refractivity contribution in [2.75, 3.05) is 11.4 Å². The summed E-state index contributed by atoms with van der Waals surface area (Å²) in [6.45, 7) is 4.96. The molecule has 158 valence electrons. The SMILES string of the molecule is Cc1cc(F)c(F)cc1-c1cnc2c(c1)CN(c1nc3nn(C)c(=O)n3cc1C)CC2. The first-order chi connectivity index (χ1) is 14.8. The van der Waals surface area contributed by atoms with Gasteiger partial charge in [-0.25, -0.2) is 22.7 Å². The van der Waals surface area contributed by atoms with Crippen LogP contribution in [0.25, 0.3) is 16.9 Å². The van der Waals surface area contributed by atoms with Crippen molar-refractivity contribution in [3.63, 3.8) is 0 Å². The smallest absolute Gasteiger partial charge is 0.351 e. The molecule has 0 bridgehead atoms. The van der Waals surface area contributed by atoms with Crippen molar-refractivity contribution in [1.82, 2.24) is 24.1 Å². The molecule has 1 aliphatic heterocycles. The summed E-state index contributed by atoms with van der Waals surface area (Å²) in [7, 11) is 1.59. The fourth-order valence-corrected chi connectivity index (χ4v) is 4.12. The molecule has 3 aromatic heterocycles. The standard InChI is InChI=1S/C22H20F2N6O/c1-12-6-17(23)18(24)8-16(12)14-7-15-11-29(5-4-19(15)25-9-14)20-13(2)10-30-21(26-20)27-28(3)22(30)31/h6-10H,4-5,11H2,1-3H3. The second-order valence-corrected chi connectivity index (χ2v) is 7.91. The van der Waals surface area contributed by atoms with E-state index in [0.29, 0.717) is 23.4 Å². The van der Waals surface area contributed by atoms with Crippen molar-refractivity contribution in [2.24, 2.45) is 7.05 Å². The van der Waals surface area contributed by atoms with Crippen LogP contribution in [0.1, 0.15) is 22.4 Å². The molecule has 4 heterocycles. The minimum Gasteiger partial charge on any atom is -0.351 e. The van der Waals surface area contributed by atoms with Crippen molar-refractivity contribution < 1.29 is 8.78 Å². The van der Waals surface area contributed by atoms with E-state index in [0.717, 1.165) is 41.2 Å². The highest BCUT2D eigenvalue weighted by Crippen LogP contribution is 2.30. The first-order valence-corrected chi connectivity index (χ1v) is 9.93. The van der Waals surface area contributed by atoms with Gasteiger partial charge in [-0.15, -0.1) is 5.10 Å². The van der Waals surface area contributed by atoms with Gasteiger partial charge in [-0.3, -0.25) is 4.98 Å². The molecule has 31 heavy (non-hydrogen) atoms. The van der Waals surface area contributed by atoms with Gasteiger partial charge in [0.2, 0.25) is 0 Å². The van der Waals surface area contributed by atoms with Gasteiger partial charge in [0.05, 0.1) is 0 Å². The first kappa shape index (κ1) is 19.3. The molecule has 0 N–H and O–H groups in total. The number of fused-ring (bicyclic) bond motifs is 2. The Balaban J connectivity index is 1.53. The van der Waals surface area contributed by atoms with Crippen LogP contribution < -0.4 is 10.6 Å². The molecular weight excluding hydrogens is 402 g/mol. The summed E-state index contributed by atoms with van der Waals surface area (Å²) in [6, 6.07) is 4.40. The van der Waals surface area contributed by atoms with E-state index in [-0.39, 0.29) is 5.69 Å². The van der Waals surface area contributed by atoms with Crippen LogP contribution in [0.2, 0.25) is 0 Å². The summed E-state index contributed by atoms with van der Waals surface area (Å²) in [5.74, 6) is -0.621. The second-order valence-electron chi connectivity index (χ2n) is 7.91. The van der Waals surface area contributed by atoms with E-state index >= 15 is 0 Å². The Kier molecular flexibility index (Phi) is 4.35. The van der Waals surface area contributed by atoms with Gasteiger partial charge in [0, 0.05) is 55.8 Å². The Morgan fingerprint density at radius 3 is 2.65 bits per heavy atom. The number of aromatic nitrogens is 5. The minimum absolute atomic E-state index is 0.239. The summed E-state index contributed by atoms with van der Waals surface area (Å²) in [4.78, 5) is 23.4. The van der Waals surface area contributed by atoms with Gasteiger partial charge in [-0.05, 0) is 48.7 Å². The predicted molar refractivity (Wildman–Crippen MR) is 112 cm³/mol. The third kappa shape index (κ3) is 3.17. The molecule has 0 spiro atoms. The highest BCUT2D eigenvalue weighted by atomic mass is 19.2. The fourth-order valence-electron chi connectivity index (χ4n) is 4.12. The van der Waals surface area contributed by atoms with E-state index in [2.05, 4.69) is 20.0 Å². The lowest BCUT2D eigenvalue weighted by atomic mass is 9.97. The van der Waals surface area contributed by atoms with Crippen LogP contribution in [-0.2, 0) is 20.0 Å². The summed E-state index contributed by atoms with van der Waals surface area (Å²) in [6.07, 6.45) is 4.19.